The van der Waals surface area contributed by atoms with Crippen LogP contribution >= 0.6 is 23.2 Å². The van der Waals surface area contributed by atoms with Crippen molar-refractivity contribution in [2.45, 2.75) is 63.8 Å². The van der Waals surface area contributed by atoms with Gasteiger partial charge in [-0.1, -0.05) is 42.3 Å². The second kappa shape index (κ2) is 10.2. The number of fused-ring (bicyclic) bond motifs is 1. The van der Waals surface area contributed by atoms with E-state index in [1.165, 1.54) is 10.9 Å². The van der Waals surface area contributed by atoms with Crippen LogP contribution in [0.15, 0.2) is 30.5 Å². The molecule has 0 spiro atoms. The fraction of sp³-hybridized carbons (Fsp3) is 0.500. The summed E-state index contributed by atoms with van der Waals surface area (Å²) >= 11 is 12.4. The molecule has 1 N–H and O–H groups in total. The predicted octanol–water partition coefficient (Wildman–Crippen LogP) is 6.40. The van der Waals surface area contributed by atoms with Gasteiger partial charge in [-0.15, -0.1) is 0 Å². The van der Waals surface area contributed by atoms with Crippen LogP contribution in [0, 0.1) is 5.92 Å². The Morgan fingerprint density at radius 3 is 2.70 bits per heavy atom. The van der Waals surface area contributed by atoms with Gasteiger partial charge in [-0.25, -0.2) is 14.6 Å². The number of hydrogen-bond acceptors (Lipinski definition) is 5. The van der Waals surface area contributed by atoms with E-state index in [0.29, 0.717) is 33.3 Å². The molecule has 1 fully saturated rings. The van der Waals surface area contributed by atoms with E-state index in [1.807, 2.05) is 0 Å². The smallest absolute Gasteiger partial charge is 0.395 e. The van der Waals surface area contributed by atoms with Gasteiger partial charge in [-0.2, -0.15) is 18.3 Å². The number of aliphatic hydroxyl groups is 1. The molecule has 11 heteroatoms. The van der Waals surface area contributed by atoms with Crippen molar-refractivity contribution >= 4 is 39.9 Å². The highest BCUT2D eigenvalue weighted by Gasteiger charge is 2.40. The molecule has 1 aliphatic heterocycles. The maximum Gasteiger partial charge on any atom is 0.437 e. The lowest BCUT2D eigenvalue weighted by molar-refractivity contribution is -0.140. The summed E-state index contributed by atoms with van der Waals surface area (Å²) in [5.74, 6) is 0.298. The minimum atomic E-state index is -4.69. The first kappa shape index (κ1) is 26.4. The molecule has 0 radical (unpaired) electrons. The zero-order valence-corrected chi connectivity index (χ0v) is 22.0. The number of alkyl halides is 3. The molecule has 1 aliphatic carbocycles. The van der Waals surface area contributed by atoms with Crippen LogP contribution in [0.1, 0.15) is 62.5 Å². The Morgan fingerprint density at radius 2 is 2.03 bits per heavy atom. The Labute approximate surface area is 223 Å². The van der Waals surface area contributed by atoms with Crippen LogP contribution in [0.25, 0.3) is 16.7 Å². The normalized spacial score (nSPS) is 24.0. The quantitative estimate of drug-likeness (QED) is 0.396. The summed E-state index contributed by atoms with van der Waals surface area (Å²) in [6, 6.07) is 4.73. The molecule has 3 aromatic rings. The van der Waals surface area contributed by atoms with Crippen molar-refractivity contribution < 1.29 is 18.3 Å². The number of aliphatic hydroxyl groups excluding tert-OH is 1. The minimum absolute atomic E-state index is 0.0545. The van der Waals surface area contributed by atoms with Crippen molar-refractivity contribution in [3.05, 3.63) is 57.5 Å². The molecule has 6 nitrogen and oxygen atoms in total. The van der Waals surface area contributed by atoms with Gasteiger partial charge >= 0.3 is 6.18 Å². The zero-order valence-electron chi connectivity index (χ0n) is 20.5. The SMILES string of the molecule is CC1CC(c2cnc3c(C(F)(F)F)nn([C@H](C)c4ccc(Cl)cc4Cl)c3n2)=CCC1N1CCC[C@H]1CO. The summed E-state index contributed by atoms with van der Waals surface area (Å²) in [7, 11) is 0. The molecule has 2 aliphatic rings. The summed E-state index contributed by atoms with van der Waals surface area (Å²) in [6.45, 7) is 5.02. The van der Waals surface area contributed by atoms with Gasteiger partial charge < -0.3 is 5.11 Å². The van der Waals surface area contributed by atoms with Gasteiger partial charge in [-0.3, -0.25) is 4.90 Å². The van der Waals surface area contributed by atoms with Crippen LogP contribution < -0.4 is 0 Å². The first-order valence-corrected chi connectivity index (χ1v) is 13.2. The molecular weight excluding hydrogens is 526 g/mol. The summed E-state index contributed by atoms with van der Waals surface area (Å²) in [5, 5.41) is 14.4. The lowest BCUT2D eigenvalue weighted by atomic mass is 9.83. The van der Waals surface area contributed by atoms with E-state index in [4.69, 9.17) is 23.2 Å². The summed E-state index contributed by atoms with van der Waals surface area (Å²) < 4.78 is 42.8. The van der Waals surface area contributed by atoms with Crippen molar-refractivity contribution in [3.8, 4) is 0 Å². The van der Waals surface area contributed by atoms with Gasteiger partial charge in [0.05, 0.1) is 24.5 Å². The second-order valence-electron chi connectivity index (χ2n) is 9.99. The maximum atomic E-state index is 13.9. The molecule has 0 bridgehead atoms. The van der Waals surface area contributed by atoms with Gasteiger partial charge in [0.25, 0.3) is 0 Å². The Morgan fingerprint density at radius 1 is 1.24 bits per heavy atom. The molecule has 1 saturated heterocycles. The van der Waals surface area contributed by atoms with Gasteiger partial charge in [-0.05, 0) is 68.3 Å². The predicted molar refractivity (Wildman–Crippen MR) is 138 cm³/mol. The number of likely N-dealkylation sites (tertiary alicyclic amines) is 1. The van der Waals surface area contributed by atoms with Crippen LogP contribution in [0.3, 0.4) is 0 Å². The first-order chi connectivity index (χ1) is 17.6. The first-order valence-electron chi connectivity index (χ1n) is 12.4. The topological polar surface area (TPSA) is 67.1 Å². The van der Waals surface area contributed by atoms with Crippen molar-refractivity contribution in [1.82, 2.24) is 24.6 Å². The standard InChI is InChI=1S/C26H28Cl2F3N5O/c1-14-10-16(5-8-22(14)35-9-3-4-18(35)13-37)21-12-32-23-24(26(29,30)31)34-36(25(23)33-21)15(2)19-7-6-17(27)11-20(19)28/h5-7,11-12,14-15,18,22,37H,3-4,8-10,13H2,1-2H3/t14?,15-,18+,22?/m1/s1. The fourth-order valence-corrected chi connectivity index (χ4v) is 6.29. The number of nitrogens with zero attached hydrogens (tertiary/aromatic N) is 5. The molecule has 198 valence electrons. The molecule has 37 heavy (non-hydrogen) atoms. The lowest BCUT2D eigenvalue weighted by Crippen LogP contribution is -2.45. The number of hydrogen-bond donors (Lipinski definition) is 1. The molecule has 1 aromatic carbocycles. The number of benzene rings is 1. The highest BCUT2D eigenvalue weighted by atomic mass is 35.5. The summed E-state index contributed by atoms with van der Waals surface area (Å²) in [5.41, 5.74) is 0.762. The van der Waals surface area contributed by atoms with E-state index >= 15 is 0 Å². The Balaban J connectivity index is 1.53. The molecular formula is C26H28Cl2F3N5O. The van der Waals surface area contributed by atoms with Gasteiger partial charge in [0.2, 0.25) is 0 Å². The fourth-order valence-electron chi connectivity index (χ4n) is 5.72. The molecule has 0 amide bonds. The number of halogens is 5. The summed E-state index contributed by atoms with van der Waals surface area (Å²) in [6.07, 6.45) is 2.42. The van der Waals surface area contributed by atoms with Crippen LogP contribution in [0.4, 0.5) is 13.2 Å². The third kappa shape index (κ3) is 4.99. The van der Waals surface area contributed by atoms with Crippen molar-refractivity contribution in [2.75, 3.05) is 13.2 Å². The molecule has 5 rings (SSSR count). The Bertz CT molecular complexity index is 1340. The van der Waals surface area contributed by atoms with Crippen molar-refractivity contribution in [1.29, 1.82) is 0 Å². The average molecular weight is 554 g/mol. The minimum Gasteiger partial charge on any atom is -0.395 e. The highest BCUT2D eigenvalue weighted by molar-refractivity contribution is 6.35. The Hall–Kier alpha value is -2.20. The van der Waals surface area contributed by atoms with E-state index in [-0.39, 0.29) is 23.8 Å². The molecule has 4 atom stereocenters. The summed E-state index contributed by atoms with van der Waals surface area (Å²) in [4.78, 5) is 11.3. The number of allylic oxidation sites excluding steroid dienone is 1. The molecule has 2 unspecified atom stereocenters. The third-order valence-corrected chi connectivity index (χ3v) is 8.21. The Kier molecular flexibility index (Phi) is 7.26. The maximum absolute atomic E-state index is 13.9. The van der Waals surface area contributed by atoms with Crippen molar-refractivity contribution in [2.24, 2.45) is 5.92 Å². The average Bonchev–Trinajstić information content (AvgIpc) is 3.48. The zero-order chi connectivity index (χ0) is 26.5. The van der Waals surface area contributed by atoms with E-state index < -0.39 is 17.9 Å². The largest absolute Gasteiger partial charge is 0.437 e. The number of aromatic nitrogens is 4. The molecule has 3 heterocycles. The lowest BCUT2D eigenvalue weighted by Gasteiger charge is -2.38. The monoisotopic (exact) mass is 553 g/mol. The third-order valence-electron chi connectivity index (χ3n) is 7.64. The second-order valence-corrected chi connectivity index (χ2v) is 10.8. The van der Waals surface area contributed by atoms with Gasteiger partial charge in [0, 0.05) is 22.1 Å². The van der Waals surface area contributed by atoms with Crippen molar-refractivity contribution in [3.63, 3.8) is 0 Å². The van der Waals surface area contributed by atoms with Gasteiger partial charge in [0.15, 0.2) is 11.3 Å². The van der Waals surface area contributed by atoms with E-state index in [9.17, 15) is 18.3 Å². The van der Waals surface area contributed by atoms with Crippen LogP contribution in [-0.2, 0) is 6.18 Å². The van der Waals surface area contributed by atoms with Crippen LogP contribution in [0.5, 0.6) is 0 Å². The number of rotatable bonds is 5. The van der Waals surface area contributed by atoms with Crippen LogP contribution in [-0.4, -0.2) is 55.0 Å². The molecule has 2 aromatic heterocycles. The highest BCUT2D eigenvalue weighted by Crippen LogP contribution is 2.39. The molecule has 0 saturated carbocycles. The van der Waals surface area contributed by atoms with Crippen LogP contribution in [0.2, 0.25) is 10.0 Å². The van der Waals surface area contributed by atoms with E-state index in [1.54, 1.807) is 25.1 Å². The van der Waals surface area contributed by atoms with Gasteiger partial charge in [0.1, 0.15) is 5.52 Å². The van der Waals surface area contributed by atoms with E-state index in [2.05, 4.69) is 33.0 Å². The van der Waals surface area contributed by atoms with E-state index in [0.717, 1.165) is 37.8 Å².